The van der Waals surface area contributed by atoms with Crippen LogP contribution in [0.2, 0.25) is 0 Å². The zero-order valence-electron chi connectivity index (χ0n) is 8.60. The highest BCUT2D eigenvalue weighted by atomic mass is 32.2. The van der Waals surface area contributed by atoms with Crippen LogP contribution in [0.1, 0.15) is 5.56 Å². The van der Waals surface area contributed by atoms with Gasteiger partial charge in [0.2, 0.25) is 0 Å². The minimum absolute atomic E-state index is 0.736. The molecule has 2 aromatic rings. The van der Waals surface area contributed by atoms with Crippen LogP contribution in [0, 0.1) is 3.95 Å². The summed E-state index contributed by atoms with van der Waals surface area (Å²) in [4.78, 5) is 1.30. The summed E-state index contributed by atoms with van der Waals surface area (Å²) >= 11 is 9.97. The molecule has 0 aliphatic heterocycles. The number of rotatable bonds is 4. The van der Waals surface area contributed by atoms with Crippen LogP contribution in [-0.2, 0) is 5.75 Å². The molecule has 0 atom stereocenters. The molecule has 0 spiro atoms. The number of thioether (sulfide) groups is 2. The van der Waals surface area contributed by atoms with Crippen LogP contribution >= 0.6 is 47.1 Å². The predicted octanol–water partition coefficient (Wildman–Crippen LogP) is 4.21. The van der Waals surface area contributed by atoms with Gasteiger partial charge >= 0.3 is 0 Å². The summed E-state index contributed by atoms with van der Waals surface area (Å²) < 4.78 is 1.74. The molecule has 0 aliphatic carbocycles. The van der Waals surface area contributed by atoms with Crippen LogP contribution in [0.15, 0.2) is 33.5 Å². The molecule has 0 unspecified atom stereocenters. The summed E-state index contributed by atoms with van der Waals surface area (Å²) in [5.74, 6) is 0.935. The van der Waals surface area contributed by atoms with Crippen molar-refractivity contribution in [2.45, 2.75) is 15.0 Å². The lowest BCUT2D eigenvalue weighted by atomic mass is 10.2. The van der Waals surface area contributed by atoms with Crippen LogP contribution in [0.5, 0.6) is 0 Å². The number of benzene rings is 1. The maximum Gasteiger partial charge on any atom is 0.177 e. The van der Waals surface area contributed by atoms with E-state index in [-0.39, 0.29) is 0 Å². The second-order valence-corrected chi connectivity index (χ2v) is 6.78. The van der Waals surface area contributed by atoms with E-state index in [0.717, 1.165) is 14.0 Å². The number of nitrogens with zero attached hydrogens (tertiary/aromatic N) is 1. The molecule has 0 fully saturated rings. The van der Waals surface area contributed by atoms with Crippen LogP contribution in [0.3, 0.4) is 0 Å². The quantitative estimate of drug-likeness (QED) is 0.673. The zero-order valence-corrected chi connectivity index (χ0v) is 11.9. The molecule has 84 valence electrons. The highest BCUT2D eigenvalue weighted by molar-refractivity contribution is 8.00. The Kier molecular flexibility index (Phi) is 4.45. The Balaban J connectivity index is 1.96. The minimum Gasteiger partial charge on any atom is -0.257 e. The van der Waals surface area contributed by atoms with E-state index in [9.17, 15) is 0 Å². The minimum atomic E-state index is 0.736. The SMILES string of the molecule is CSc1ccc(CSc2n[nH]c(=S)s2)cc1. The topological polar surface area (TPSA) is 28.7 Å². The van der Waals surface area contributed by atoms with Gasteiger partial charge in [0.15, 0.2) is 8.29 Å². The number of aromatic amines is 1. The lowest BCUT2D eigenvalue weighted by Gasteiger charge is -2.00. The Morgan fingerprint density at radius 3 is 2.69 bits per heavy atom. The second-order valence-electron chi connectivity index (χ2n) is 3.02. The molecule has 6 heteroatoms. The lowest BCUT2D eigenvalue weighted by Crippen LogP contribution is -1.80. The third-order valence-corrected chi connectivity index (χ3v) is 4.99. The summed E-state index contributed by atoms with van der Waals surface area (Å²) in [6.07, 6.45) is 2.08. The first-order valence-electron chi connectivity index (χ1n) is 4.59. The van der Waals surface area contributed by atoms with E-state index in [1.54, 1.807) is 23.5 Å². The van der Waals surface area contributed by atoms with Gasteiger partial charge in [-0.2, -0.15) is 5.10 Å². The largest absolute Gasteiger partial charge is 0.257 e. The van der Waals surface area contributed by atoms with Crippen molar-refractivity contribution in [3.05, 3.63) is 33.8 Å². The van der Waals surface area contributed by atoms with Gasteiger partial charge in [0.05, 0.1) is 0 Å². The Hall–Kier alpha value is -0.300. The van der Waals surface area contributed by atoms with Gasteiger partial charge in [-0.1, -0.05) is 35.2 Å². The Bertz CT molecular complexity index is 500. The molecule has 1 heterocycles. The van der Waals surface area contributed by atoms with Gasteiger partial charge in [0.1, 0.15) is 0 Å². The van der Waals surface area contributed by atoms with Crippen LogP contribution in [-0.4, -0.2) is 16.5 Å². The third-order valence-electron chi connectivity index (χ3n) is 1.94. The molecule has 0 aliphatic rings. The number of H-pyrrole nitrogens is 1. The Morgan fingerprint density at radius 1 is 1.38 bits per heavy atom. The molecular weight excluding hydrogens is 276 g/mol. The second kappa shape index (κ2) is 5.86. The third kappa shape index (κ3) is 3.35. The molecule has 1 aromatic carbocycles. The van der Waals surface area contributed by atoms with E-state index >= 15 is 0 Å². The lowest BCUT2D eigenvalue weighted by molar-refractivity contribution is 1.00. The van der Waals surface area contributed by atoms with Gasteiger partial charge in [0.25, 0.3) is 0 Å². The van der Waals surface area contributed by atoms with Crippen molar-refractivity contribution in [3.63, 3.8) is 0 Å². The van der Waals surface area contributed by atoms with Crippen molar-refractivity contribution in [1.29, 1.82) is 0 Å². The molecule has 16 heavy (non-hydrogen) atoms. The summed E-state index contributed by atoms with van der Waals surface area (Å²) in [5, 5.41) is 6.90. The van der Waals surface area contributed by atoms with Crippen molar-refractivity contribution >= 4 is 47.1 Å². The summed E-state index contributed by atoms with van der Waals surface area (Å²) in [6, 6.07) is 8.61. The van der Waals surface area contributed by atoms with Crippen LogP contribution < -0.4 is 0 Å². The number of hydrogen-bond donors (Lipinski definition) is 1. The fourth-order valence-electron chi connectivity index (χ4n) is 1.14. The number of nitrogens with one attached hydrogen (secondary N) is 1. The normalized spacial score (nSPS) is 10.6. The van der Waals surface area contributed by atoms with Gasteiger partial charge in [-0.25, -0.2) is 0 Å². The average Bonchev–Trinajstić information content (AvgIpc) is 2.73. The molecule has 1 aromatic heterocycles. The summed E-state index contributed by atoms with van der Waals surface area (Å²) in [5.41, 5.74) is 1.31. The highest BCUT2D eigenvalue weighted by Crippen LogP contribution is 2.25. The van der Waals surface area contributed by atoms with Gasteiger partial charge in [-0.3, -0.25) is 5.10 Å². The van der Waals surface area contributed by atoms with Crippen molar-refractivity contribution < 1.29 is 0 Å². The van der Waals surface area contributed by atoms with E-state index in [0.29, 0.717) is 0 Å². The molecule has 2 nitrogen and oxygen atoms in total. The van der Waals surface area contributed by atoms with Crippen LogP contribution in [0.4, 0.5) is 0 Å². The van der Waals surface area contributed by atoms with Crippen molar-refractivity contribution in [3.8, 4) is 0 Å². The van der Waals surface area contributed by atoms with E-state index in [1.165, 1.54) is 21.8 Å². The molecule has 0 saturated heterocycles. The van der Waals surface area contributed by atoms with Crippen molar-refractivity contribution in [1.82, 2.24) is 10.2 Å². The molecule has 0 bridgehead atoms. The van der Waals surface area contributed by atoms with E-state index < -0.39 is 0 Å². The van der Waals surface area contributed by atoms with E-state index in [2.05, 4.69) is 40.7 Å². The Morgan fingerprint density at radius 2 is 2.12 bits per heavy atom. The zero-order chi connectivity index (χ0) is 11.4. The maximum atomic E-state index is 4.98. The molecular formula is C10H10N2S4. The smallest absolute Gasteiger partial charge is 0.177 e. The first kappa shape index (κ1) is 12.2. The average molecular weight is 286 g/mol. The van der Waals surface area contributed by atoms with Crippen molar-refractivity contribution in [2.24, 2.45) is 0 Å². The monoisotopic (exact) mass is 286 g/mol. The van der Waals surface area contributed by atoms with Gasteiger partial charge in [-0.15, -0.1) is 11.8 Å². The van der Waals surface area contributed by atoms with Gasteiger partial charge in [0, 0.05) is 10.6 Å². The van der Waals surface area contributed by atoms with Gasteiger partial charge < -0.3 is 0 Å². The number of hydrogen-bond acceptors (Lipinski definition) is 5. The van der Waals surface area contributed by atoms with Gasteiger partial charge in [-0.05, 0) is 36.2 Å². The fourth-order valence-corrected chi connectivity index (χ4v) is 3.59. The fraction of sp³-hybridized carbons (Fsp3) is 0.200. The number of aromatic nitrogens is 2. The summed E-state index contributed by atoms with van der Waals surface area (Å²) in [7, 11) is 0. The van der Waals surface area contributed by atoms with Crippen LogP contribution in [0.25, 0.3) is 0 Å². The summed E-state index contributed by atoms with van der Waals surface area (Å²) in [6.45, 7) is 0. The standard InChI is InChI=1S/C10H10N2S4/c1-14-8-4-2-7(3-5-8)6-15-10-12-11-9(13)16-10/h2-5H,6H2,1H3,(H,11,13). The molecule has 2 rings (SSSR count). The molecule has 0 radical (unpaired) electrons. The molecule has 1 N–H and O–H groups in total. The maximum absolute atomic E-state index is 4.98. The highest BCUT2D eigenvalue weighted by Gasteiger charge is 2.00. The Labute approximate surface area is 112 Å². The van der Waals surface area contributed by atoms with E-state index in [1.807, 2.05) is 0 Å². The predicted molar refractivity (Wildman–Crippen MR) is 75.1 cm³/mol. The first-order chi connectivity index (χ1) is 7.78. The van der Waals surface area contributed by atoms with Crippen molar-refractivity contribution in [2.75, 3.05) is 6.26 Å². The van der Waals surface area contributed by atoms with E-state index in [4.69, 9.17) is 12.2 Å². The molecule has 0 amide bonds. The first-order valence-corrected chi connectivity index (χ1v) is 8.02. The molecule has 0 saturated carbocycles.